The Morgan fingerprint density at radius 1 is 1.00 bits per heavy atom. The van der Waals surface area contributed by atoms with Crippen molar-refractivity contribution < 1.29 is 23.1 Å². The summed E-state index contributed by atoms with van der Waals surface area (Å²) in [5.74, 6) is -1.69. The van der Waals surface area contributed by atoms with Crippen LogP contribution in [0.5, 0.6) is 0 Å². The zero-order chi connectivity index (χ0) is 22.6. The van der Waals surface area contributed by atoms with E-state index in [2.05, 4.69) is 5.32 Å². The third kappa shape index (κ3) is 5.22. The van der Waals surface area contributed by atoms with Crippen LogP contribution >= 0.6 is 11.6 Å². The molecule has 0 radical (unpaired) electrons. The first-order chi connectivity index (χ1) is 14.7. The van der Waals surface area contributed by atoms with Gasteiger partial charge in [0.2, 0.25) is 5.91 Å². The molecule has 31 heavy (non-hydrogen) atoms. The van der Waals surface area contributed by atoms with Crippen molar-refractivity contribution in [2.75, 3.05) is 16.2 Å². The number of hydrogen-bond acceptors (Lipinski definition) is 4. The first-order valence-corrected chi connectivity index (χ1v) is 11.0. The zero-order valence-corrected chi connectivity index (χ0v) is 18.0. The van der Waals surface area contributed by atoms with Crippen LogP contribution in [0, 0.1) is 6.92 Å². The van der Waals surface area contributed by atoms with Gasteiger partial charge in [0.05, 0.1) is 16.1 Å². The molecule has 0 unspecified atom stereocenters. The van der Waals surface area contributed by atoms with Gasteiger partial charge in [0.25, 0.3) is 10.0 Å². The van der Waals surface area contributed by atoms with Crippen LogP contribution < -0.4 is 9.62 Å². The molecule has 2 N–H and O–H groups in total. The van der Waals surface area contributed by atoms with Crippen LogP contribution in [-0.4, -0.2) is 31.9 Å². The molecular formula is C22H19ClN2O5S. The molecule has 3 aromatic rings. The van der Waals surface area contributed by atoms with Crippen molar-refractivity contribution in [1.29, 1.82) is 0 Å². The van der Waals surface area contributed by atoms with E-state index < -0.39 is 28.4 Å². The first-order valence-electron chi connectivity index (χ1n) is 9.15. The molecule has 0 saturated carbocycles. The lowest BCUT2D eigenvalue weighted by atomic mass is 10.2. The highest BCUT2D eigenvalue weighted by atomic mass is 35.5. The molecule has 1 amide bonds. The van der Waals surface area contributed by atoms with E-state index in [1.165, 1.54) is 42.5 Å². The van der Waals surface area contributed by atoms with E-state index in [4.69, 9.17) is 16.7 Å². The van der Waals surface area contributed by atoms with Gasteiger partial charge in [-0.15, -0.1) is 0 Å². The maximum atomic E-state index is 13.3. The van der Waals surface area contributed by atoms with E-state index in [0.29, 0.717) is 10.7 Å². The Kier molecular flexibility index (Phi) is 6.62. The number of carboxylic acids is 1. The summed E-state index contributed by atoms with van der Waals surface area (Å²) in [6, 6.07) is 18.1. The monoisotopic (exact) mass is 458 g/mol. The predicted molar refractivity (Wildman–Crippen MR) is 119 cm³/mol. The number of benzene rings is 3. The second-order valence-electron chi connectivity index (χ2n) is 6.69. The summed E-state index contributed by atoms with van der Waals surface area (Å²) in [6.07, 6.45) is 0. The molecule has 160 valence electrons. The number of aromatic carboxylic acids is 1. The predicted octanol–water partition coefficient (Wildman–Crippen LogP) is 4.18. The molecule has 0 aliphatic heterocycles. The smallest absolute Gasteiger partial charge is 0.335 e. The van der Waals surface area contributed by atoms with Crippen molar-refractivity contribution >= 4 is 44.9 Å². The number of rotatable bonds is 7. The van der Waals surface area contributed by atoms with Crippen LogP contribution in [0.1, 0.15) is 15.9 Å². The minimum absolute atomic E-state index is 0.0327. The summed E-state index contributed by atoms with van der Waals surface area (Å²) in [7, 11) is -4.05. The maximum absolute atomic E-state index is 13.3. The van der Waals surface area contributed by atoms with Crippen molar-refractivity contribution in [2.45, 2.75) is 11.8 Å². The molecule has 9 heteroatoms. The van der Waals surface area contributed by atoms with E-state index in [0.717, 1.165) is 9.87 Å². The highest BCUT2D eigenvalue weighted by molar-refractivity contribution is 7.92. The number of nitrogens with one attached hydrogen (secondary N) is 1. The largest absolute Gasteiger partial charge is 0.478 e. The number of halogens is 1. The summed E-state index contributed by atoms with van der Waals surface area (Å²) in [5.41, 5.74) is 1.43. The van der Waals surface area contributed by atoms with Crippen LogP contribution in [0.4, 0.5) is 11.4 Å². The number of nitrogens with zero attached hydrogens (tertiary/aromatic N) is 1. The number of hydrogen-bond donors (Lipinski definition) is 2. The van der Waals surface area contributed by atoms with Crippen LogP contribution in [-0.2, 0) is 14.8 Å². The third-order valence-corrected chi connectivity index (χ3v) is 6.67. The number of amides is 1. The molecule has 0 aliphatic carbocycles. The molecule has 0 atom stereocenters. The summed E-state index contributed by atoms with van der Waals surface area (Å²) >= 11 is 6.19. The Labute approximate surface area is 184 Å². The van der Waals surface area contributed by atoms with Crippen molar-refractivity contribution in [3.8, 4) is 0 Å². The molecule has 3 rings (SSSR count). The third-order valence-electron chi connectivity index (χ3n) is 4.48. The topological polar surface area (TPSA) is 104 Å². The molecule has 3 aromatic carbocycles. The number of anilines is 2. The molecule has 0 saturated heterocycles. The summed E-state index contributed by atoms with van der Waals surface area (Å²) in [6.45, 7) is 1.28. The SMILES string of the molecule is Cc1ccc(N(CC(=O)Nc2ccc(C(=O)O)cc2)S(=O)(=O)c2ccccc2)cc1Cl. The highest BCUT2D eigenvalue weighted by Crippen LogP contribution is 2.28. The van der Waals surface area contributed by atoms with Crippen molar-refractivity contribution in [3.63, 3.8) is 0 Å². The lowest BCUT2D eigenvalue weighted by Gasteiger charge is -2.24. The number of carbonyl (C=O) groups is 2. The number of sulfonamides is 1. The van der Waals surface area contributed by atoms with E-state index in [-0.39, 0.29) is 16.1 Å². The lowest BCUT2D eigenvalue weighted by Crippen LogP contribution is -2.38. The van der Waals surface area contributed by atoms with Gasteiger partial charge in [0.1, 0.15) is 6.54 Å². The van der Waals surface area contributed by atoms with Gasteiger partial charge in [-0.25, -0.2) is 13.2 Å². The number of carbonyl (C=O) groups excluding carboxylic acids is 1. The average Bonchev–Trinajstić information content (AvgIpc) is 2.75. The average molecular weight is 459 g/mol. The minimum atomic E-state index is -4.05. The number of carboxylic acid groups (broad SMARTS) is 1. The van der Waals surface area contributed by atoms with Crippen LogP contribution in [0.2, 0.25) is 5.02 Å². The van der Waals surface area contributed by atoms with E-state index in [1.807, 2.05) is 0 Å². The zero-order valence-electron chi connectivity index (χ0n) is 16.4. The molecule has 0 bridgehead atoms. The van der Waals surface area contributed by atoms with E-state index in [1.54, 1.807) is 37.3 Å². The Bertz CT molecular complexity index is 1210. The Hall–Kier alpha value is -3.36. The van der Waals surface area contributed by atoms with Gasteiger partial charge in [-0.2, -0.15) is 0 Å². The quantitative estimate of drug-likeness (QED) is 0.552. The van der Waals surface area contributed by atoms with Crippen molar-refractivity contribution in [3.05, 3.63) is 88.9 Å². The van der Waals surface area contributed by atoms with Gasteiger partial charge in [-0.3, -0.25) is 9.10 Å². The van der Waals surface area contributed by atoms with E-state index in [9.17, 15) is 18.0 Å². The van der Waals surface area contributed by atoms with Crippen LogP contribution in [0.25, 0.3) is 0 Å². The summed E-state index contributed by atoms with van der Waals surface area (Å²) in [5, 5.41) is 11.9. The van der Waals surface area contributed by atoms with Crippen LogP contribution in [0.3, 0.4) is 0 Å². The lowest BCUT2D eigenvalue weighted by molar-refractivity contribution is -0.114. The first kappa shape index (κ1) is 22.3. The summed E-state index contributed by atoms with van der Waals surface area (Å²) < 4.78 is 27.5. The second-order valence-corrected chi connectivity index (χ2v) is 8.96. The second kappa shape index (κ2) is 9.20. The fraction of sp³-hybridized carbons (Fsp3) is 0.0909. The number of aryl methyl sites for hydroxylation is 1. The van der Waals surface area contributed by atoms with Crippen LogP contribution in [0.15, 0.2) is 77.7 Å². The van der Waals surface area contributed by atoms with Crippen molar-refractivity contribution in [2.24, 2.45) is 0 Å². The molecule has 0 spiro atoms. The molecule has 7 nitrogen and oxygen atoms in total. The van der Waals surface area contributed by atoms with Gasteiger partial charge in [0, 0.05) is 10.7 Å². The molecule has 0 aliphatic rings. The van der Waals surface area contributed by atoms with Gasteiger partial charge < -0.3 is 10.4 Å². The van der Waals surface area contributed by atoms with E-state index >= 15 is 0 Å². The van der Waals surface area contributed by atoms with Crippen molar-refractivity contribution in [1.82, 2.24) is 0 Å². The standard InChI is InChI=1S/C22H19ClN2O5S/c1-15-7-12-18(13-20(15)23)25(31(29,30)19-5-3-2-4-6-19)14-21(26)24-17-10-8-16(9-11-17)22(27)28/h2-13H,14H2,1H3,(H,24,26)(H,27,28). The minimum Gasteiger partial charge on any atom is -0.478 e. The Morgan fingerprint density at radius 2 is 1.65 bits per heavy atom. The molecule has 0 aromatic heterocycles. The normalized spacial score (nSPS) is 11.0. The molecule has 0 fully saturated rings. The van der Waals surface area contributed by atoms with Gasteiger partial charge in [-0.05, 0) is 61.0 Å². The Morgan fingerprint density at radius 3 is 2.23 bits per heavy atom. The summed E-state index contributed by atoms with van der Waals surface area (Å²) in [4.78, 5) is 23.7. The Balaban J connectivity index is 1.91. The van der Waals surface area contributed by atoms with Gasteiger partial charge >= 0.3 is 5.97 Å². The van der Waals surface area contributed by atoms with Gasteiger partial charge in [-0.1, -0.05) is 35.9 Å². The molecule has 0 heterocycles. The fourth-order valence-electron chi connectivity index (χ4n) is 2.80. The highest BCUT2D eigenvalue weighted by Gasteiger charge is 2.27. The maximum Gasteiger partial charge on any atom is 0.335 e. The fourth-order valence-corrected chi connectivity index (χ4v) is 4.41. The van der Waals surface area contributed by atoms with Gasteiger partial charge in [0.15, 0.2) is 0 Å². The molecular weight excluding hydrogens is 440 g/mol.